The Kier molecular flexibility index (Phi) is 3.31. The molecule has 2 unspecified atom stereocenters. The smallest absolute Gasteiger partial charge is 0.238 e. The van der Waals surface area contributed by atoms with Crippen molar-refractivity contribution in [2.45, 2.75) is 19.3 Å². The predicted octanol–water partition coefficient (Wildman–Crippen LogP) is 4.09. The third kappa shape index (κ3) is 2.03. The zero-order chi connectivity index (χ0) is 15.4. The van der Waals surface area contributed by atoms with Gasteiger partial charge in [0.1, 0.15) is 0 Å². The fraction of sp³-hybridized carbons (Fsp3) is 0.412. The zero-order valence-corrected chi connectivity index (χ0v) is 13.3. The summed E-state index contributed by atoms with van der Waals surface area (Å²) < 4.78 is 0. The van der Waals surface area contributed by atoms with E-state index in [1.54, 1.807) is 18.2 Å². The van der Waals surface area contributed by atoms with Gasteiger partial charge < -0.3 is 0 Å². The van der Waals surface area contributed by atoms with Crippen LogP contribution in [0.5, 0.6) is 0 Å². The summed E-state index contributed by atoms with van der Waals surface area (Å²) in [6.45, 7) is 0. The van der Waals surface area contributed by atoms with Crippen LogP contribution in [0, 0.1) is 23.7 Å². The Morgan fingerprint density at radius 3 is 1.86 bits per heavy atom. The first kappa shape index (κ1) is 14.3. The standard InChI is InChI=1S/C17H15Cl2NO2/c18-11-6-12(19)8-13(7-11)20-16(21)14-9-2-1-3-10(5-4-9)15(14)17(20)22/h4-10,14-15H,1-3H2/t9?,10?,14-,15+. The molecule has 5 rings (SSSR count). The Bertz CT molecular complexity index is 648. The Hall–Kier alpha value is -1.32. The van der Waals surface area contributed by atoms with Crippen LogP contribution in [0.1, 0.15) is 19.3 Å². The minimum absolute atomic E-state index is 0.102. The van der Waals surface area contributed by atoms with Crippen LogP contribution in [0.2, 0.25) is 10.0 Å². The molecule has 114 valence electrons. The van der Waals surface area contributed by atoms with Crippen LogP contribution in [0.25, 0.3) is 0 Å². The molecule has 1 saturated carbocycles. The molecule has 0 spiro atoms. The van der Waals surface area contributed by atoms with E-state index >= 15 is 0 Å². The number of amides is 2. The molecule has 4 atom stereocenters. The zero-order valence-electron chi connectivity index (χ0n) is 11.8. The lowest BCUT2D eigenvalue weighted by Crippen LogP contribution is -2.32. The second kappa shape index (κ2) is 5.10. The molecular weight excluding hydrogens is 321 g/mol. The van der Waals surface area contributed by atoms with E-state index in [0.29, 0.717) is 15.7 Å². The normalized spacial score (nSPS) is 33.3. The van der Waals surface area contributed by atoms with Crippen molar-refractivity contribution < 1.29 is 9.59 Å². The van der Waals surface area contributed by atoms with Gasteiger partial charge in [-0.05, 0) is 42.9 Å². The van der Waals surface area contributed by atoms with Crippen LogP contribution in [0.4, 0.5) is 5.69 Å². The quantitative estimate of drug-likeness (QED) is 0.572. The number of hydrogen-bond donors (Lipinski definition) is 0. The van der Waals surface area contributed by atoms with E-state index in [9.17, 15) is 9.59 Å². The summed E-state index contributed by atoms with van der Waals surface area (Å²) in [5, 5.41) is 0.854. The fourth-order valence-electron chi connectivity index (χ4n) is 4.20. The van der Waals surface area contributed by atoms with E-state index in [2.05, 4.69) is 12.2 Å². The van der Waals surface area contributed by atoms with E-state index in [1.807, 2.05) is 0 Å². The van der Waals surface area contributed by atoms with Gasteiger partial charge in [-0.15, -0.1) is 0 Å². The van der Waals surface area contributed by atoms with Crippen LogP contribution in [0.3, 0.4) is 0 Å². The van der Waals surface area contributed by atoms with Gasteiger partial charge >= 0.3 is 0 Å². The number of anilines is 1. The van der Waals surface area contributed by atoms with Crippen molar-refractivity contribution in [1.29, 1.82) is 0 Å². The highest BCUT2D eigenvalue weighted by molar-refractivity contribution is 6.35. The van der Waals surface area contributed by atoms with Crippen molar-refractivity contribution in [1.82, 2.24) is 0 Å². The Morgan fingerprint density at radius 1 is 0.864 bits per heavy atom. The molecule has 2 fully saturated rings. The van der Waals surface area contributed by atoms with E-state index in [-0.39, 0.29) is 35.5 Å². The van der Waals surface area contributed by atoms with E-state index < -0.39 is 0 Å². The summed E-state index contributed by atoms with van der Waals surface area (Å²) in [6.07, 6.45) is 7.32. The number of nitrogens with zero attached hydrogens (tertiary/aromatic N) is 1. The van der Waals surface area contributed by atoms with E-state index in [1.165, 1.54) is 4.90 Å². The lowest BCUT2D eigenvalue weighted by molar-refractivity contribution is -0.122. The predicted molar refractivity (Wildman–Crippen MR) is 85.9 cm³/mol. The highest BCUT2D eigenvalue weighted by Crippen LogP contribution is 2.49. The first-order chi connectivity index (χ1) is 10.6. The molecule has 3 nitrogen and oxygen atoms in total. The van der Waals surface area contributed by atoms with Crippen molar-refractivity contribution in [2.75, 3.05) is 4.90 Å². The molecule has 1 saturated heterocycles. The molecule has 22 heavy (non-hydrogen) atoms. The van der Waals surface area contributed by atoms with Crippen molar-refractivity contribution in [3.8, 4) is 0 Å². The third-order valence-corrected chi connectivity index (χ3v) is 5.54. The minimum Gasteiger partial charge on any atom is -0.274 e. The molecule has 1 aromatic carbocycles. The molecule has 1 heterocycles. The largest absolute Gasteiger partial charge is 0.274 e. The average Bonchev–Trinajstić information content (AvgIpc) is 2.66. The lowest BCUT2D eigenvalue weighted by atomic mass is 9.73. The molecule has 2 amide bonds. The topological polar surface area (TPSA) is 37.4 Å². The second-order valence-corrected chi connectivity index (χ2v) is 7.21. The molecule has 0 aromatic heterocycles. The fourth-order valence-corrected chi connectivity index (χ4v) is 4.72. The summed E-state index contributed by atoms with van der Waals surface area (Å²) in [7, 11) is 0. The van der Waals surface area contributed by atoms with Crippen LogP contribution in [-0.2, 0) is 9.59 Å². The molecule has 0 radical (unpaired) electrons. The molecule has 0 N–H and O–H groups in total. The average molecular weight is 336 g/mol. The monoisotopic (exact) mass is 335 g/mol. The Morgan fingerprint density at radius 2 is 1.36 bits per heavy atom. The van der Waals surface area contributed by atoms with E-state index in [4.69, 9.17) is 23.2 Å². The second-order valence-electron chi connectivity index (χ2n) is 6.33. The summed E-state index contributed by atoms with van der Waals surface area (Å²) in [4.78, 5) is 27.1. The maximum absolute atomic E-state index is 12.9. The van der Waals surface area contributed by atoms with Crippen molar-refractivity contribution in [3.63, 3.8) is 0 Å². The maximum Gasteiger partial charge on any atom is 0.238 e. The summed E-state index contributed by atoms with van der Waals surface area (Å²) in [5.41, 5.74) is 0.486. The highest BCUT2D eigenvalue weighted by atomic mass is 35.5. The molecule has 1 aromatic rings. The number of carbonyl (C=O) groups excluding carboxylic acids is 2. The number of imide groups is 1. The minimum atomic E-state index is -0.220. The highest BCUT2D eigenvalue weighted by Gasteiger charge is 2.55. The van der Waals surface area contributed by atoms with Gasteiger partial charge in [-0.25, -0.2) is 4.90 Å². The third-order valence-electron chi connectivity index (χ3n) is 5.11. The number of hydrogen-bond acceptors (Lipinski definition) is 2. The van der Waals surface area contributed by atoms with Crippen molar-refractivity contribution in [2.24, 2.45) is 23.7 Å². The summed E-state index contributed by atoms with van der Waals surface area (Å²) in [6, 6.07) is 4.86. The Labute approximate surface area is 138 Å². The van der Waals surface area contributed by atoms with Gasteiger partial charge in [-0.3, -0.25) is 9.59 Å². The SMILES string of the molecule is O=C1[C@@H]2C3C=CC(CCC3)[C@@H]2C(=O)N1c1cc(Cl)cc(Cl)c1. The molecule has 4 aliphatic rings. The Balaban J connectivity index is 1.78. The van der Waals surface area contributed by atoms with Gasteiger partial charge in [-0.2, -0.15) is 0 Å². The van der Waals surface area contributed by atoms with Crippen LogP contribution in [0.15, 0.2) is 30.4 Å². The number of rotatable bonds is 1. The van der Waals surface area contributed by atoms with Crippen LogP contribution < -0.4 is 4.90 Å². The molecule has 2 bridgehead atoms. The molecule has 3 aliphatic carbocycles. The lowest BCUT2D eigenvalue weighted by Gasteiger charge is -2.27. The van der Waals surface area contributed by atoms with Gasteiger partial charge in [0.15, 0.2) is 0 Å². The van der Waals surface area contributed by atoms with Gasteiger partial charge in [-0.1, -0.05) is 41.8 Å². The number of benzene rings is 1. The summed E-state index contributed by atoms with van der Waals surface area (Å²) in [5.74, 6) is -0.283. The molecule has 1 aliphatic heterocycles. The number of allylic oxidation sites excluding steroid dienone is 2. The number of carbonyl (C=O) groups is 2. The van der Waals surface area contributed by atoms with Crippen molar-refractivity contribution in [3.05, 3.63) is 40.4 Å². The summed E-state index contributed by atoms with van der Waals surface area (Å²) >= 11 is 12.1. The number of halogens is 2. The first-order valence-corrected chi connectivity index (χ1v) is 8.34. The van der Waals surface area contributed by atoms with Gasteiger partial charge in [0.25, 0.3) is 0 Å². The van der Waals surface area contributed by atoms with Gasteiger partial charge in [0.2, 0.25) is 11.8 Å². The molecule has 5 heteroatoms. The van der Waals surface area contributed by atoms with Crippen molar-refractivity contribution >= 4 is 40.7 Å². The molecular formula is C17H15Cl2NO2. The van der Waals surface area contributed by atoms with Gasteiger partial charge in [0.05, 0.1) is 17.5 Å². The maximum atomic E-state index is 12.9. The van der Waals surface area contributed by atoms with Crippen LogP contribution in [-0.4, -0.2) is 11.8 Å². The number of fused-ring (bicyclic) bond motifs is 2. The van der Waals surface area contributed by atoms with Gasteiger partial charge in [0, 0.05) is 10.0 Å². The first-order valence-electron chi connectivity index (χ1n) is 7.58. The van der Waals surface area contributed by atoms with Crippen LogP contribution >= 0.6 is 23.2 Å². The van der Waals surface area contributed by atoms with E-state index in [0.717, 1.165) is 19.3 Å².